The minimum Gasteiger partial charge on any atom is -0.497 e. The minimum atomic E-state index is -1.87. The zero-order chi connectivity index (χ0) is 28.0. The van der Waals surface area contributed by atoms with Crippen molar-refractivity contribution in [3.63, 3.8) is 0 Å². The second-order valence-electron chi connectivity index (χ2n) is 11.8. The second-order valence-corrected chi connectivity index (χ2v) is 19.3. The summed E-state index contributed by atoms with van der Waals surface area (Å²) in [5, 5.41) is 0.166. The van der Waals surface area contributed by atoms with E-state index in [1.807, 2.05) is 44.2 Å². The fourth-order valence-corrected chi connectivity index (χ4v) is 5.76. The molecule has 1 aliphatic rings. The smallest absolute Gasteiger partial charge is 0.192 e. The van der Waals surface area contributed by atoms with Gasteiger partial charge in [-0.15, -0.1) is 0 Å². The van der Waals surface area contributed by atoms with Crippen molar-refractivity contribution in [1.82, 2.24) is 0 Å². The van der Waals surface area contributed by atoms with Gasteiger partial charge >= 0.3 is 0 Å². The maximum absolute atomic E-state index is 6.65. The van der Waals surface area contributed by atoms with Gasteiger partial charge in [-0.2, -0.15) is 0 Å². The normalized spacial score (nSPS) is 22.6. The zero-order valence-corrected chi connectivity index (χ0v) is 28.3. The molecule has 0 amide bonds. The summed E-state index contributed by atoms with van der Waals surface area (Å²) in [4.78, 5) is 0. The van der Waals surface area contributed by atoms with Crippen molar-refractivity contribution in [2.75, 3.05) is 7.11 Å². The maximum atomic E-state index is 6.65. The molecule has 1 heterocycles. The third-order valence-electron chi connectivity index (χ3n) is 7.28. The maximum Gasteiger partial charge on any atom is 0.192 e. The molecule has 0 spiro atoms. The van der Waals surface area contributed by atoms with Crippen LogP contribution in [0.25, 0.3) is 0 Å². The Morgan fingerprint density at radius 2 is 1.70 bits per heavy atom. The molecule has 0 aliphatic carbocycles. The molecule has 1 aromatic carbocycles. The number of halogens is 2. The van der Waals surface area contributed by atoms with Crippen LogP contribution in [0.3, 0.4) is 0 Å². The molecule has 0 N–H and O–H groups in total. The van der Waals surface area contributed by atoms with Gasteiger partial charge in [-0.3, -0.25) is 0 Å². The summed E-state index contributed by atoms with van der Waals surface area (Å²) >= 11 is 6.92. The molecule has 1 fully saturated rings. The van der Waals surface area contributed by atoms with E-state index in [4.69, 9.17) is 23.4 Å². The molecule has 2 rings (SSSR count). The molecule has 0 bridgehead atoms. The van der Waals surface area contributed by atoms with Crippen molar-refractivity contribution in [1.29, 1.82) is 0 Å². The molecule has 0 unspecified atom stereocenters. The van der Waals surface area contributed by atoms with Crippen molar-refractivity contribution < 1.29 is 23.4 Å². The number of ether oxygens (including phenoxy) is 4. The molecule has 1 saturated heterocycles. The molecule has 0 radical (unpaired) electrons. The molecular formula is C29H46Br2O5Si. The van der Waals surface area contributed by atoms with Gasteiger partial charge in [0.25, 0.3) is 0 Å². The Labute approximate surface area is 242 Å². The van der Waals surface area contributed by atoms with Crippen LogP contribution in [0, 0.1) is 5.92 Å². The molecule has 0 aromatic heterocycles. The predicted octanol–water partition coefficient (Wildman–Crippen LogP) is 8.72. The van der Waals surface area contributed by atoms with Gasteiger partial charge in [0.15, 0.2) is 14.1 Å². The van der Waals surface area contributed by atoms with Crippen LogP contribution in [0.4, 0.5) is 0 Å². The SMILES string of the molecule is COc1ccc(CO[C@H](/C=C\[C@@H](C)[C@H](C)O[Si](C)(C)C(C)(C)C)[C@H]2OC(C)(C)O[C@H]2CC=C(Br)Br)cc1. The molecular weight excluding hydrogens is 616 g/mol. The molecule has 210 valence electrons. The summed E-state index contributed by atoms with van der Waals surface area (Å²) in [7, 11) is -0.198. The van der Waals surface area contributed by atoms with Crippen LogP contribution in [0.15, 0.2) is 45.9 Å². The highest BCUT2D eigenvalue weighted by atomic mass is 79.9. The first-order chi connectivity index (χ1) is 17.0. The number of benzene rings is 1. The third kappa shape index (κ3) is 10.2. The van der Waals surface area contributed by atoms with Gasteiger partial charge in [-0.25, -0.2) is 0 Å². The van der Waals surface area contributed by atoms with E-state index in [-0.39, 0.29) is 35.4 Å². The summed E-state index contributed by atoms with van der Waals surface area (Å²) < 4.78 is 32.0. The van der Waals surface area contributed by atoms with Gasteiger partial charge in [-0.05, 0) is 101 Å². The number of hydrogen-bond acceptors (Lipinski definition) is 5. The first kappa shape index (κ1) is 32.7. The number of hydrogen-bond donors (Lipinski definition) is 0. The molecule has 1 aromatic rings. The fourth-order valence-electron chi connectivity index (χ4n) is 3.89. The lowest BCUT2D eigenvalue weighted by atomic mass is 10.0. The summed E-state index contributed by atoms with van der Waals surface area (Å²) in [6, 6.07) is 7.95. The average Bonchev–Trinajstić information content (AvgIpc) is 3.11. The van der Waals surface area contributed by atoms with Gasteiger partial charge in [0.2, 0.25) is 0 Å². The van der Waals surface area contributed by atoms with E-state index >= 15 is 0 Å². The largest absolute Gasteiger partial charge is 0.497 e. The number of rotatable bonds is 12. The highest BCUT2D eigenvalue weighted by molar-refractivity contribution is 9.28. The van der Waals surface area contributed by atoms with Gasteiger partial charge < -0.3 is 23.4 Å². The lowest BCUT2D eigenvalue weighted by molar-refractivity contribution is -0.156. The quantitative estimate of drug-likeness (QED) is 0.166. The highest BCUT2D eigenvalue weighted by Crippen LogP contribution is 2.38. The summed E-state index contributed by atoms with van der Waals surface area (Å²) in [5.74, 6) is 0.347. The molecule has 0 saturated carbocycles. The van der Waals surface area contributed by atoms with Crippen molar-refractivity contribution in [2.24, 2.45) is 5.92 Å². The van der Waals surface area contributed by atoms with E-state index in [1.165, 1.54) is 0 Å². The van der Waals surface area contributed by atoms with Gasteiger partial charge in [0.05, 0.1) is 23.2 Å². The lowest BCUT2D eigenvalue weighted by Crippen LogP contribution is -2.44. The summed E-state index contributed by atoms with van der Waals surface area (Å²) in [6.45, 7) is 20.1. The monoisotopic (exact) mass is 660 g/mol. The number of methoxy groups -OCH3 is 1. The molecule has 37 heavy (non-hydrogen) atoms. The summed E-state index contributed by atoms with van der Waals surface area (Å²) in [5.41, 5.74) is 1.07. The van der Waals surface area contributed by atoms with Crippen LogP contribution >= 0.6 is 31.9 Å². The van der Waals surface area contributed by atoms with E-state index in [0.717, 1.165) is 14.7 Å². The topological polar surface area (TPSA) is 46.2 Å². The molecule has 5 nitrogen and oxygen atoms in total. The van der Waals surface area contributed by atoms with Crippen LogP contribution in [0.1, 0.15) is 60.5 Å². The first-order valence-electron chi connectivity index (χ1n) is 13.0. The fraction of sp³-hybridized carbons (Fsp3) is 0.655. The van der Waals surface area contributed by atoms with Crippen molar-refractivity contribution in [3.8, 4) is 5.75 Å². The Balaban J connectivity index is 2.25. The van der Waals surface area contributed by atoms with E-state index < -0.39 is 14.1 Å². The van der Waals surface area contributed by atoms with Crippen molar-refractivity contribution in [2.45, 2.75) is 110 Å². The van der Waals surface area contributed by atoms with Crippen LogP contribution in [0.2, 0.25) is 18.1 Å². The predicted molar refractivity (Wildman–Crippen MR) is 162 cm³/mol. The van der Waals surface area contributed by atoms with Crippen molar-refractivity contribution >= 4 is 40.2 Å². The van der Waals surface area contributed by atoms with Gasteiger partial charge in [0, 0.05) is 6.10 Å². The Kier molecular flexibility index (Phi) is 12.1. The molecule has 5 atom stereocenters. The van der Waals surface area contributed by atoms with E-state index in [9.17, 15) is 0 Å². The second kappa shape index (κ2) is 13.7. The average molecular weight is 663 g/mol. The standard InChI is InChI=1S/C29H46Br2O5Si/c1-20(21(2)36-37(9,10)28(3,4)5)11-16-24(33-19-22-12-14-23(32-8)15-13-22)27-25(17-18-26(30)31)34-29(6,7)35-27/h11-16,18,20-21,24-25,27H,17,19H2,1-10H3/b16-11-/t20-,21+,24-,25+,27-/m1/s1. The van der Waals surface area contributed by atoms with E-state index in [2.05, 4.69) is 91.7 Å². The highest BCUT2D eigenvalue weighted by Gasteiger charge is 2.44. The Morgan fingerprint density at radius 1 is 1.08 bits per heavy atom. The zero-order valence-electron chi connectivity index (χ0n) is 24.1. The molecule has 8 heteroatoms. The Hall–Kier alpha value is -0.483. The first-order valence-corrected chi connectivity index (χ1v) is 17.5. The summed E-state index contributed by atoms with van der Waals surface area (Å²) in [6.07, 6.45) is 6.47. The van der Waals surface area contributed by atoms with E-state index in [1.54, 1.807) is 7.11 Å². The Morgan fingerprint density at radius 3 is 2.24 bits per heavy atom. The molecule has 1 aliphatic heterocycles. The Bertz CT molecular complexity index is 904. The van der Waals surface area contributed by atoms with E-state index in [0.29, 0.717) is 13.0 Å². The third-order valence-corrected chi connectivity index (χ3v) is 12.5. The lowest BCUT2D eigenvalue weighted by Gasteiger charge is -2.39. The van der Waals surface area contributed by atoms with Crippen LogP contribution < -0.4 is 4.74 Å². The van der Waals surface area contributed by atoms with Crippen LogP contribution in [0.5, 0.6) is 5.75 Å². The van der Waals surface area contributed by atoms with Crippen molar-refractivity contribution in [3.05, 3.63) is 51.4 Å². The van der Waals surface area contributed by atoms with Crippen LogP contribution in [-0.2, 0) is 25.2 Å². The van der Waals surface area contributed by atoms with Gasteiger partial charge in [-0.1, -0.05) is 58.1 Å². The minimum absolute atomic E-state index is 0.0969. The van der Waals surface area contributed by atoms with Crippen LogP contribution in [-0.4, -0.2) is 45.6 Å². The van der Waals surface area contributed by atoms with Gasteiger partial charge in [0.1, 0.15) is 18.0 Å².